The van der Waals surface area contributed by atoms with Crippen molar-refractivity contribution < 1.29 is 9.59 Å². The molecule has 1 aliphatic heterocycles. The molecule has 4 heteroatoms. The molecule has 154 valence electrons. The molecule has 28 heavy (non-hydrogen) atoms. The van der Waals surface area contributed by atoms with Crippen molar-refractivity contribution in [3.05, 3.63) is 23.9 Å². The standard InChI is InChI=1S/C24H36N2O2/c1-6-26(7-2)22(28)20-9-8-18-17-15-25(5)21-14-16(27)10-12-24(21,4)19(17)11-13-23(18,20)3/h10,12,14,17-20H,6-9,11,13,15H2,1-5H3/t17-,18-,19-,20+,23-,24+/m0/s1. The van der Waals surface area contributed by atoms with Crippen LogP contribution in [0.3, 0.4) is 0 Å². The van der Waals surface area contributed by atoms with Gasteiger partial charge in [-0.1, -0.05) is 19.9 Å². The second-order valence-electron chi connectivity index (χ2n) is 9.99. The number of ketones is 1. The molecule has 2 saturated carbocycles. The molecule has 4 nitrogen and oxygen atoms in total. The maximum Gasteiger partial charge on any atom is 0.226 e. The summed E-state index contributed by atoms with van der Waals surface area (Å²) in [5.41, 5.74) is 1.26. The molecule has 0 aromatic heterocycles. The molecule has 0 aromatic rings. The molecule has 0 unspecified atom stereocenters. The predicted octanol–water partition coefficient (Wildman–Crippen LogP) is 3.89. The van der Waals surface area contributed by atoms with E-state index in [9.17, 15) is 9.59 Å². The van der Waals surface area contributed by atoms with E-state index in [0.717, 1.165) is 38.9 Å². The Hall–Kier alpha value is -1.58. The number of amides is 1. The average Bonchev–Trinajstić information content (AvgIpc) is 3.01. The lowest BCUT2D eigenvalue weighted by molar-refractivity contribution is -0.142. The highest BCUT2D eigenvalue weighted by Gasteiger charge is 2.61. The van der Waals surface area contributed by atoms with Gasteiger partial charge < -0.3 is 9.80 Å². The van der Waals surface area contributed by atoms with Crippen LogP contribution in [0.1, 0.15) is 53.4 Å². The highest BCUT2D eigenvalue weighted by Crippen LogP contribution is 2.64. The molecular weight excluding hydrogens is 348 g/mol. The zero-order valence-corrected chi connectivity index (χ0v) is 18.2. The van der Waals surface area contributed by atoms with Gasteiger partial charge in [0, 0.05) is 49.8 Å². The largest absolute Gasteiger partial charge is 0.377 e. The topological polar surface area (TPSA) is 40.6 Å². The lowest BCUT2D eigenvalue weighted by Gasteiger charge is -2.59. The van der Waals surface area contributed by atoms with Crippen LogP contribution in [0.2, 0.25) is 0 Å². The van der Waals surface area contributed by atoms with Crippen molar-refractivity contribution in [1.82, 2.24) is 9.80 Å². The number of piperidine rings is 1. The average molecular weight is 385 g/mol. The van der Waals surface area contributed by atoms with Gasteiger partial charge in [0.25, 0.3) is 0 Å². The summed E-state index contributed by atoms with van der Waals surface area (Å²) >= 11 is 0. The third kappa shape index (κ3) is 2.63. The molecular formula is C24H36N2O2. The lowest BCUT2D eigenvalue weighted by Crippen LogP contribution is -2.57. The molecule has 1 heterocycles. The van der Waals surface area contributed by atoms with Gasteiger partial charge in [-0.05, 0) is 68.8 Å². The number of nitrogens with zero attached hydrogens (tertiary/aromatic N) is 2. The van der Waals surface area contributed by atoms with Gasteiger partial charge in [-0.3, -0.25) is 9.59 Å². The Morgan fingerprint density at radius 1 is 1.18 bits per heavy atom. The SMILES string of the molecule is CCN(CC)C(=O)[C@H]1CC[C@H]2[C@@H]3CN(C)C4=CC(=O)C=C[C@]4(C)[C@H]3CC[C@]12C. The van der Waals surface area contributed by atoms with Crippen molar-refractivity contribution in [3.63, 3.8) is 0 Å². The molecule has 0 bridgehead atoms. The van der Waals surface area contributed by atoms with Gasteiger partial charge in [-0.15, -0.1) is 0 Å². The van der Waals surface area contributed by atoms with Crippen molar-refractivity contribution in [3.8, 4) is 0 Å². The van der Waals surface area contributed by atoms with Crippen molar-refractivity contribution in [2.24, 2.45) is 34.5 Å². The Labute approximate surface area is 170 Å². The highest BCUT2D eigenvalue weighted by atomic mass is 16.2. The minimum atomic E-state index is -0.0477. The summed E-state index contributed by atoms with van der Waals surface area (Å²) in [7, 11) is 2.15. The Balaban J connectivity index is 1.64. The van der Waals surface area contributed by atoms with E-state index in [-0.39, 0.29) is 22.5 Å². The summed E-state index contributed by atoms with van der Waals surface area (Å²) in [6.45, 7) is 11.5. The first-order valence-electron chi connectivity index (χ1n) is 11.2. The second-order valence-corrected chi connectivity index (χ2v) is 9.99. The van der Waals surface area contributed by atoms with Crippen LogP contribution < -0.4 is 0 Å². The van der Waals surface area contributed by atoms with E-state index in [0.29, 0.717) is 23.7 Å². The fourth-order valence-corrected chi connectivity index (χ4v) is 7.38. The Bertz CT molecular complexity index is 737. The summed E-state index contributed by atoms with van der Waals surface area (Å²) in [5, 5.41) is 0. The van der Waals surface area contributed by atoms with Crippen LogP contribution in [0.25, 0.3) is 0 Å². The minimum absolute atomic E-state index is 0.0477. The number of fused-ring (bicyclic) bond motifs is 5. The van der Waals surface area contributed by atoms with Gasteiger partial charge in [0.15, 0.2) is 5.78 Å². The quantitative estimate of drug-likeness (QED) is 0.741. The van der Waals surface area contributed by atoms with Crippen LogP contribution >= 0.6 is 0 Å². The fourth-order valence-electron chi connectivity index (χ4n) is 7.38. The summed E-state index contributed by atoms with van der Waals surface area (Å²) in [6, 6.07) is 0. The molecule has 3 aliphatic carbocycles. The van der Waals surface area contributed by atoms with Crippen LogP contribution in [-0.4, -0.2) is 48.2 Å². The smallest absolute Gasteiger partial charge is 0.226 e. The molecule has 6 atom stereocenters. The fraction of sp³-hybridized carbons (Fsp3) is 0.750. The highest BCUT2D eigenvalue weighted by molar-refractivity contribution is 6.01. The van der Waals surface area contributed by atoms with Gasteiger partial charge in [-0.25, -0.2) is 0 Å². The van der Waals surface area contributed by atoms with E-state index in [4.69, 9.17) is 0 Å². The molecule has 1 saturated heterocycles. The van der Waals surface area contributed by atoms with Gasteiger partial charge in [0.1, 0.15) is 0 Å². The van der Waals surface area contributed by atoms with E-state index in [1.807, 2.05) is 11.0 Å². The van der Waals surface area contributed by atoms with E-state index in [1.165, 1.54) is 12.1 Å². The van der Waals surface area contributed by atoms with E-state index in [1.54, 1.807) is 6.08 Å². The summed E-state index contributed by atoms with van der Waals surface area (Å²) in [5.74, 6) is 2.44. The van der Waals surface area contributed by atoms with Crippen LogP contribution in [0.5, 0.6) is 0 Å². The first-order chi connectivity index (χ1) is 13.3. The number of carbonyl (C=O) groups excluding carboxylic acids is 2. The molecule has 0 aromatic carbocycles. The number of likely N-dealkylation sites (tertiary alicyclic amines) is 1. The molecule has 4 aliphatic rings. The van der Waals surface area contributed by atoms with Crippen molar-refractivity contribution in [1.29, 1.82) is 0 Å². The van der Waals surface area contributed by atoms with E-state index >= 15 is 0 Å². The molecule has 3 fully saturated rings. The van der Waals surface area contributed by atoms with E-state index < -0.39 is 0 Å². The third-order valence-electron chi connectivity index (χ3n) is 8.90. The molecule has 0 spiro atoms. The summed E-state index contributed by atoms with van der Waals surface area (Å²) < 4.78 is 0. The Morgan fingerprint density at radius 2 is 1.89 bits per heavy atom. The van der Waals surface area contributed by atoms with Crippen LogP contribution in [-0.2, 0) is 9.59 Å². The predicted molar refractivity (Wildman–Crippen MR) is 111 cm³/mol. The minimum Gasteiger partial charge on any atom is -0.377 e. The second kappa shape index (κ2) is 6.74. The Kier molecular flexibility index (Phi) is 4.75. The number of hydrogen-bond donors (Lipinski definition) is 0. The number of carbonyl (C=O) groups is 2. The van der Waals surface area contributed by atoms with E-state index in [2.05, 4.69) is 45.7 Å². The third-order valence-corrected chi connectivity index (χ3v) is 8.90. The van der Waals surface area contributed by atoms with Crippen LogP contribution in [0.4, 0.5) is 0 Å². The maximum absolute atomic E-state index is 13.3. The van der Waals surface area contributed by atoms with Crippen LogP contribution in [0.15, 0.2) is 23.9 Å². The molecule has 0 N–H and O–H groups in total. The first-order valence-corrected chi connectivity index (χ1v) is 11.2. The van der Waals surface area contributed by atoms with Crippen molar-refractivity contribution >= 4 is 11.7 Å². The zero-order chi connectivity index (χ0) is 20.3. The monoisotopic (exact) mass is 384 g/mol. The summed E-state index contributed by atoms with van der Waals surface area (Å²) in [4.78, 5) is 29.6. The number of hydrogen-bond acceptors (Lipinski definition) is 3. The molecule has 4 rings (SSSR count). The maximum atomic E-state index is 13.3. The zero-order valence-electron chi connectivity index (χ0n) is 18.2. The lowest BCUT2D eigenvalue weighted by atomic mass is 9.50. The van der Waals surface area contributed by atoms with Gasteiger partial charge in [0.2, 0.25) is 5.91 Å². The molecule has 0 radical (unpaired) electrons. The number of rotatable bonds is 3. The Morgan fingerprint density at radius 3 is 2.57 bits per heavy atom. The van der Waals surface area contributed by atoms with Crippen molar-refractivity contribution in [2.45, 2.75) is 53.4 Å². The van der Waals surface area contributed by atoms with Crippen LogP contribution in [0, 0.1) is 34.5 Å². The van der Waals surface area contributed by atoms with Gasteiger partial charge in [0.05, 0.1) is 0 Å². The van der Waals surface area contributed by atoms with Gasteiger partial charge >= 0.3 is 0 Å². The van der Waals surface area contributed by atoms with Gasteiger partial charge in [-0.2, -0.15) is 0 Å². The van der Waals surface area contributed by atoms with Crippen molar-refractivity contribution in [2.75, 3.05) is 26.7 Å². The number of allylic oxidation sites excluding steroid dienone is 3. The summed E-state index contributed by atoms with van der Waals surface area (Å²) in [6.07, 6.45) is 10.3. The normalized spacial score (nSPS) is 41.8. The molecule has 1 amide bonds. The first kappa shape index (κ1) is 19.7.